The SMILES string of the molecule is CC(C)N1CCN(S(C)(=O)=O)C(C(F)(F)F)C1. The van der Waals surface area contributed by atoms with Gasteiger partial charge >= 0.3 is 6.18 Å². The summed E-state index contributed by atoms with van der Waals surface area (Å²) in [6.07, 6.45) is -3.71. The Kier molecular flexibility index (Phi) is 4.10. The van der Waals surface area contributed by atoms with Crippen LogP contribution in [0.15, 0.2) is 0 Å². The van der Waals surface area contributed by atoms with E-state index in [9.17, 15) is 21.6 Å². The molecule has 0 saturated carbocycles. The highest BCUT2D eigenvalue weighted by molar-refractivity contribution is 7.88. The maximum atomic E-state index is 12.8. The zero-order chi connectivity index (χ0) is 13.4. The fourth-order valence-electron chi connectivity index (χ4n) is 1.92. The summed E-state index contributed by atoms with van der Waals surface area (Å²) in [5.41, 5.74) is 0. The minimum absolute atomic E-state index is 0.0263. The number of piperazine rings is 1. The zero-order valence-corrected chi connectivity index (χ0v) is 10.8. The maximum Gasteiger partial charge on any atom is 0.406 e. The monoisotopic (exact) mass is 274 g/mol. The molecule has 0 spiro atoms. The van der Waals surface area contributed by atoms with Crippen LogP contribution in [-0.4, -0.2) is 61.8 Å². The van der Waals surface area contributed by atoms with Gasteiger partial charge in [0.25, 0.3) is 0 Å². The van der Waals surface area contributed by atoms with Crippen molar-refractivity contribution in [2.24, 2.45) is 0 Å². The average Bonchev–Trinajstić information content (AvgIpc) is 2.14. The van der Waals surface area contributed by atoms with Crippen molar-refractivity contribution in [2.45, 2.75) is 32.1 Å². The molecular formula is C9H17F3N2O2S. The molecule has 0 aromatic rings. The summed E-state index contributed by atoms with van der Waals surface area (Å²) in [5, 5.41) is 0. The van der Waals surface area contributed by atoms with Crippen LogP contribution >= 0.6 is 0 Å². The van der Waals surface area contributed by atoms with Crippen molar-refractivity contribution >= 4 is 10.0 Å². The van der Waals surface area contributed by atoms with Crippen LogP contribution in [0.5, 0.6) is 0 Å². The van der Waals surface area contributed by atoms with Crippen LogP contribution in [-0.2, 0) is 10.0 Å². The van der Waals surface area contributed by atoms with Gasteiger partial charge in [0.05, 0.1) is 6.26 Å². The van der Waals surface area contributed by atoms with Crippen molar-refractivity contribution in [3.05, 3.63) is 0 Å². The molecule has 1 saturated heterocycles. The fraction of sp³-hybridized carbons (Fsp3) is 1.00. The third-order valence-electron chi connectivity index (χ3n) is 2.90. The van der Waals surface area contributed by atoms with E-state index < -0.39 is 22.2 Å². The zero-order valence-electron chi connectivity index (χ0n) is 10.0. The molecular weight excluding hydrogens is 257 g/mol. The molecule has 1 aliphatic rings. The molecule has 1 aliphatic heterocycles. The van der Waals surface area contributed by atoms with Crippen LogP contribution in [0, 0.1) is 0 Å². The Hall–Kier alpha value is -0.340. The second kappa shape index (κ2) is 4.74. The smallest absolute Gasteiger partial charge is 0.298 e. The second-order valence-electron chi connectivity index (χ2n) is 4.52. The summed E-state index contributed by atoms with van der Waals surface area (Å²) in [4.78, 5) is 1.64. The normalized spacial score (nSPS) is 25.5. The van der Waals surface area contributed by atoms with Gasteiger partial charge in [-0.3, -0.25) is 4.90 Å². The Morgan fingerprint density at radius 1 is 1.24 bits per heavy atom. The van der Waals surface area contributed by atoms with E-state index in [0.717, 1.165) is 6.26 Å². The first-order valence-electron chi connectivity index (χ1n) is 5.31. The Morgan fingerprint density at radius 3 is 2.12 bits per heavy atom. The van der Waals surface area contributed by atoms with Crippen LogP contribution in [0.1, 0.15) is 13.8 Å². The van der Waals surface area contributed by atoms with Crippen molar-refractivity contribution in [1.29, 1.82) is 0 Å². The number of hydrogen-bond acceptors (Lipinski definition) is 3. The number of sulfonamides is 1. The lowest BCUT2D eigenvalue weighted by molar-refractivity contribution is -0.184. The van der Waals surface area contributed by atoms with Gasteiger partial charge in [-0.15, -0.1) is 0 Å². The van der Waals surface area contributed by atoms with Gasteiger partial charge in [-0.25, -0.2) is 8.42 Å². The summed E-state index contributed by atoms with van der Waals surface area (Å²) >= 11 is 0. The third kappa shape index (κ3) is 3.56. The summed E-state index contributed by atoms with van der Waals surface area (Å²) in [6.45, 7) is 3.51. The molecule has 0 radical (unpaired) electrons. The number of nitrogens with zero attached hydrogens (tertiary/aromatic N) is 2. The summed E-state index contributed by atoms with van der Waals surface area (Å²) in [6, 6.07) is -1.96. The van der Waals surface area contributed by atoms with Gasteiger partial charge in [0.15, 0.2) is 0 Å². The molecule has 102 valence electrons. The molecule has 0 amide bonds. The van der Waals surface area contributed by atoms with Crippen molar-refractivity contribution < 1.29 is 21.6 Å². The first-order chi connectivity index (χ1) is 7.53. The van der Waals surface area contributed by atoms with E-state index in [1.165, 1.54) is 0 Å². The topological polar surface area (TPSA) is 40.6 Å². The van der Waals surface area contributed by atoms with E-state index in [2.05, 4.69) is 0 Å². The molecule has 1 unspecified atom stereocenters. The summed E-state index contributed by atoms with van der Waals surface area (Å²) < 4.78 is 61.7. The van der Waals surface area contributed by atoms with Crippen LogP contribution in [0.4, 0.5) is 13.2 Å². The molecule has 1 heterocycles. The van der Waals surface area contributed by atoms with E-state index >= 15 is 0 Å². The minimum atomic E-state index is -4.53. The van der Waals surface area contributed by atoms with E-state index in [0.29, 0.717) is 10.8 Å². The van der Waals surface area contributed by atoms with E-state index in [4.69, 9.17) is 0 Å². The Morgan fingerprint density at radius 2 is 1.76 bits per heavy atom. The standard InChI is InChI=1S/C9H17F3N2O2S/c1-7(2)13-4-5-14(17(3,15)16)8(6-13)9(10,11)12/h7-8H,4-6H2,1-3H3. The van der Waals surface area contributed by atoms with Crippen LogP contribution < -0.4 is 0 Å². The third-order valence-corrected chi connectivity index (χ3v) is 4.19. The van der Waals surface area contributed by atoms with Crippen molar-refractivity contribution in [1.82, 2.24) is 9.21 Å². The second-order valence-corrected chi connectivity index (χ2v) is 6.45. The molecule has 0 aromatic carbocycles. The molecule has 1 rings (SSSR count). The largest absolute Gasteiger partial charge is 0.406 e. The van der Waals surface area contributed by atoms with E-state index in [-0.39, 0.29) is 19.1 Å². The Balaban J connectivity index is 2.96. The quantitative estimate of drug-likeness (QED) is 0.751. The van der Waals surface area contributed by atoms with Crippen LogP contribution in [0.25, 0.3) is 0 Å². The lowest BCUT2D eigenvalue weighted by Gasteiger charge is -2.42. The molecule has 17 heavy (non-hydrogen) atoms. The average molecular weight is 274 g/mol. The van der Waals surface area contributed by atoms with Crippen LogP contribution in [0.3, 0.4) is 0 Å². The van der Waals surface area contributed by atoms with Crippen LogP contribution in [0.2, 0.25) is 0 Å². The predicted molar refractivity (Wildman–Crippen MR) is 58.1 cm³/mol. The maximum absolute atomic E-state index is 12.8. The number of hydrogen-bond donors (Lipinski definition) is 0. The van der Waals surface area contributed by atoms with Gasteiger partial charge < -0.3 is 0 Å². The lowest BCUT2D eigenvalue weighted by Crippen LogP contribution is -2.61. The van der Waals surface area contributed by atoms with Gasteiger partial charge in [0.2, 0.25) is 10.0 Å². The van der Waals surface area contributed by atoms with E-state index in [1.54, 1.807) is 18.7 Å². The molecule has 1 fully saturated rings. The molecule has 0 N–H and O–H groups in total. The lowest BCUT2D eigenvalue weighted by atomic mass is 10.1. The Labute approximate surface area is 99.4 Å². The van der Waals surface area contributed by atoms with Gasteiger partial charge in [0, 0.05) is 25.7 Å². The molecule has 0 aliphatic carbocycles. The molecule has 4 nitrogen and oxygen atoms in total. The molecule has 1 atom stereocenters. The van der Waals surface area contributed by atoms with Gasteiger partial charge in [-0.05, 0) is 13.8 Å². The number of alkyl halides is 3. The van der Waals surface area contributed by atoms with Crippen molar-refractivity contribution in [2.75, 3.05) is 25.9 Å². The minimum Gasteiger partial charge on any atom is -0.298 e. The highest BCUT2D eigenvalue weighted by atomic mass is 32.2. The van der Waals surface area contributed by atoms with E-state index in [1.807, 2.05) is 0 Å². The molecule has 0 bridgehead atoms. The fourth-order valence-corrected chi connectivity index (χ4v) is 2.98. The molecule has 8 heteroatoms. The van der Waals surface area contributed by atoms with Gasteiger partial charge in [-0.2, -0.15) is 17.5 Å². The number of rotatable bonds is 2. The summed E-state index contributed by atoms with van der Waals surface area (Å²) in [7, 11) is -3.82. The van der Waals surface area contributed by atoms with Gasteiger partial charge in [-0.1, -0.05) is 0 Å². The summed E-state index contributed by atoms with van der Waals surface area (Å²) in [5.74, 6) is 0. The van der Waals surface area contributed by atoms with Gasteiger partial charge in [0.1, 0.15) is 6.04 Å². The highest BCUT2D eigenvalue weighted by Crippen LogP contribution is 2.29. The highest BCUT2D eigenvalue weighted by Gasteiger charge is 2.49. The Bertz CT molecular complexity index is 367. The molecule has 0 aromatic heterocycles. The van der Waals surface area contributed by atoms with Crippen molar-refractivity contribution in [3.63, 3.8) is 0 Å². The van der Waals surface area contributed by atoms with Crippen molar-refractivity contribution in [3.8, 4) is 0 Å². The predicted octanol–water partition coefficient (Wildman–Crippen LogP) is 0.903. The first-order valence-corrected chi connectivity index (χ1v) is 7.16. The first kappa shape index (κ1) is 14.7. The number of halogens is 3.